The van der Waals surface area contributed by atoms with Crippen molar-refractivity contribution in [3.8, 4) is 0 Å². The number of hydrogen-bond acceptors (Lipinski definition) is 3. The lowest BCUT2D eigenvalue weighted by Crippen LogP contribution is -2.35. The topological polar surface area (TPSA) is 53.4 Å². The van der Waals surface area contributed by atoms with E-state index in [1.807, 2.05) is 13.1 Å². The minimum atomic E-state index is 0.108. The second kappa shape index (κ2) is 12.6. The van der Waals surface area contributed by atoms with Crippen LogP contribution in [-0.4, -0.2) is 27.8 Å². The zero-order valence-electron chi connectivity index (χ0n) is 30.3. The van der Waals surface area contributed by atoms with Gasteiger partial charge in [0, 0.05) is 21.9 Å². The summed E-state index contributed by atoms with van der Waals surface area (Å²) in [5.74, 6) is 0. The standard InChI is InChI=1S/C14H22.C12H22N2.C11H20N2/c1-13(2,3)11-9-7-8-10-12(11)14(4,5)6;1-8-13-9(11(2,3)4)10(14-8)12(5,6)7;1-10(2,3)8-7-12-13-9(8)11(4,5)6/h7-10H,1-6H3;8H,1-7H3;7H,1-6H3,(H,12,13). The maximum Gasteiger partial charge on any atom is 0.137 e. The molecule has 0 aliphatic carbocycles. The van der Waals surface area contributed by atoms with E-state index in [9.17, 15) is 0 Å². The summed E-state index contributed by atoms with van der Waals surface area (Å²) in [5.41, 5.74) is 8.88. The van der Waals surface area contributed by atoms with E-state index in [4.69, 9.17) is 0 Å². The van der Waals surface area contributed by atoms with Gasteiger partial charge in [-0.05, 0) is 39.9 Å². The molecule has 41 heavy (non-hydrogen) atoms. The first-order chi connectivity index (χ1) is 18.1. The van der Waals surface area contributed by atoms with Crippen LogP contribution in [-0.2, 0) is 21.7 Å². The maximum absolute atomic E-state index is 4.62. The quantitative estimate of drug-likeness (QED) is 0.340. The van der Waals surface area contributed by atoms with Gasteiger partial charge in [-0.2, -0.15) is 5.10 Å². The molecule has 0 spiro atoms. The molecule has 0 radical (unpaired) electrons. The summed E-state index contributed by atoms with van der Waals surface area (Å²) in [6.07, 6.45) is 2.05. The van der Waals surface area contributed by atoms with Crippen LogP contribution in [0.1, 0.15) is 154 Å². The Kier molecular flexibility index (Phi) is 11.3. The van der Waals surface area contributed by atoms with Crippen molar-refractivity contribution in [2.24, 2.45) is 20.8 Å². The Hall–Kier alpha value is -2.23. The summed E-state index contributed by atoms with van der Waals surface area (Å²) < 4.78 is 0. The van der Waals surface area contributed by atoms with Crippen molar-refractivity contribution in [2.45, 2.75) is 159 Å². The van der Waals surface area contributed by atoms with Crippen LogP contribution in [0.4, 0.5) is 0 Å². The predicted octanol–water partition coefficient (Wildman–Crippen LogP) is 10.6. The Morgan fingerprint density at radius 1 is 0.488 bits per heavy atom. The van der Waals surface area contributed by atoms with E-state index in [0.717, 1.165) is 0 Å². The molecule has 0 saturated heterocycles. The lowest BCUT2D eigenvalue weighted by Gasteiger charge is -2.29. The van der Waals surface area contributed by atoms with Crippen molar-refractivity contribution >= 4 is 11.4 Å². The predicted molar refractivity (Wildman–Crippen MR) is 183 cm³/mol. The first kappa shape index (κ1) is 36.8. The number of nitrogens with zero attached hydrogens (tertiary/aromatic N) is 3. The molecule has 2 aromatic rings. The second-order valence-electron chi connectivity index (χ2n) is 17.8. The fraction of sp³-hybridized carbons (Fsp3) is 0.703. The van der Waals surface area contributed by atoms with Crippen molar-refractivity contribution in [1.82, 2.24) is 10.2 Å². The van der Waals surface area contributed by atoms with Crippen LogP contribution < -0.4 is 0 Å². The van der Waals surface area contributed by atoms with Gasteiger partial charge in [0.1, 0.15) is 6.17 Å². The largest absolute Gasteiger partial charge is 0.282 e. The Balaban J connectivity index is 0.000000308. The van der Waals surface area contributed by atoms with E-state index >= 15 is 0 Å². The molecule has 1 aliphatic heterocycles. The molecular weight excluding hydrogens is 500 g/mol. The van der Waals surface area contributed by atoms with Crippen LogP contribution >= 0.6 is 0 Å². The number of rotatable bonds is 0. The Morgan fingerprint density at radius 2 is 0.829 bits per heavy atom. The molecular formula is C37H64N4. The summed E-state index contributed by atoms with van der Waals surface area (Å²) >= 11 is 0. The molecule has 0 amide bonds. The molecule has 0 bridgehead atoms. The normalized spacial score (nSPS) is 15.4. The third kappa shape index (κ3) is 10.8. The highest BCUT2D eigenvalue weighted by atomic mass is 15.1. The van der Waals surface area contributed by atoms with Gasteiger partial charge in [0.05, 0.1) is 17.6 Å². The number of benzene rings is 1. The average Bonchev–Trinajstić information content (AvgIpc) is 3.40. The number of aromatic nitrogens is 2. The van der Waals surface area contributed by atoms with Gasteiger partial charge in [-0.25, -0.2) is 0 Å². The van der Waals surface area contributed by atoms with Crippen molar-refractivity contribution in [3.63, 3.8) is 0 Å². The average molecular weight is 565 g/mol. The van der Waals surface area contributed by atoms with Gasteiger partial charge in [-0.1, -0.05) is 149 Å². The summed E-state index contributed by atoms with van der Waals surface area (Å²) in [6, 6.07) is 8.77. The van der Waals surface area contributed by atoms with Gasteiger partial charge < -0.3 is 0 Å². The van der Waals surface area contributed by atoms with E-state index in [2.05, 4.69) is 169 Å². The Morgan fingerprint density at radius 3 is 1.07 bits per heavy atom. The van der Waals surface area contributed by atoms with Crippen LogP contribution in [0, 0.1) is 10.8 Å². The van der Waals surface area contributed by atoms with Crippen molar-refractivity contribution in [2.75, 3.05) is 0 Å². The number of hydrogen-bond donors (Lipinski definition) is 1. The fourth-order valence-corrected chi connectivity index (χ4v) is 4.84. The van der Waals surface area contributed by atoms with E-state index in [0.29, 0.717) is 0 Å². The smallest absolute Gasteiger partial charge is 0.137 e. The van der Waals surface area contributed by atoms with Gasteiger partial charge in [0.15, 0.2) is 0 Å². The molecule has 1 N–H and O–H groups in total. The third-order valence-corrected chi connectivity index (χ3v) is 7.02. The lowest BCUT2D eigenvalue weighted by atomic mass is 9.75. The van der Waals surface area contributed by atoms with Gasteiger partial charge >= 0.3 is 0 Å². The molecule has 1 aromatic heterocycles. The van der Waals surface area contributed by atoms with Gasteiger partial charge in [0.2, 0.25) is 0 Å². The van der Waals surface area contributed by atoms with Crippen molar-refractivity contribution in [1.29, 1.82) is 0 Å². The minimum Gasteiger partial charge on any atom is -0.282 e. The van der Waals surface area contributed by atoms with Crippen LogP contribution in [0.25, 0.3) is 0 Å². The molecule has 1 aliphatic rings. The van der Waals surface area contributed by atoms with Crippen LogP contribution in [0.15, 0.2) is 40.4 Å². The summed E-state index contributed by atoms with van der Waals surface area (Å²) in [4.78, 5) is 9.24. The first-order valence-corrected chi connectivity index (χ1v) is 15.4. The van der Waals surface area contributed by atoms with E-state index in [-0.39, 0.29) is 38.7 Å². The molecule has 232 valence electrons. The summed E-state index contributed by atoms with van der Waals surface area (Å²) in [7, 11) is 0. The zero-order valence-corrected chi connectivity index (χ0v) is 30.3. The molecule has 0 atom stereocenters. The number of H-pyrrole nitrogens is 1. The van der Waals surface area contributed by atoms with Crippen molar-refractivity contribution < 1.29 is 0 Å². The summed E-state index contributed by atoms with van der Waals surface area (Å²) in [6.45, 7) is 42.2. The highest BCUT2D eigenvalue weighted by Crippen LogP contribution is 2.34. The molecule has 0 fully saturated rings. The molecule has 4 heteroatoms. The number of aliphatic imine (C=N–C) groups is 2. The van der Waals surface area contributed by atoms with Gasteiger partial charge in [-0.3, -0.25) is 15.1 Å². The number of nitrogens with one attached hydrogen (secondary N) is 1. The summed E-state index contributed by atoms with van der Waals surface area (Å²) in [5, 5.41) is 7.23. The molecule has 4 nitrogen and oxygen atoms in total. The van der Waals surface area contributed by atoms with Crippen LogP contribution in [0.2, 0.25) is 0 Å². The molecule has 2 heterocycles. The molecule has 1 aromatic carbocycles. The highest BCUT2D eigenvalue weighted by molar-refractivity contribution is 6.46. The monoisotopic (exact) mass is 565 g/mol. The van der Waals surface area contributed by atoms with Crippen LogP contribution in [0.3, 0.4) is 0 Å². The zero-order chi connectivity index (χ0) is 32.4. The van der Waals surface area contributed by atoms with Gasteiger partial charge in [-0.15, -0.1) is 0 Å². The first-order valence-electron chi connectivity index (χ1n) is 15.4. The Labute approximate surface area is 254 Å². The SMILES string of the molecule is CC(C)(C)c1ccccc1C(C)(C)C.CC(C)(C)c1cn[nH]c1C(C)(C)C.CC1N=C(C(C)(C)C)C(C(C)(C)C)=N1. The third-order valence-electron chi connectivity index (χ3n) is 7.02. The lowest BCUT2D eigenvalue weighted by molar-refractivity contribution is 0.520. The maximum atomic E-state index is 4.62. The van der Waals surface area contributed by atoms with Crippen LogP contribution in [0.5, 0.6) is 0 Å². The van der Waals surface area contributed by atoms with Gasteiger partial charge in [0.25, 0.3) is 0 Å². The molecule has 0 saturated carbocycles. The molecule has 0 unspecified atom stereocenters. The molecule has 3 rings (SSSR count). The Bertz CT molecular complexity index is 1090. The fourth-order valence-electron chi connectivity index (χ4n) is 4.84. The second-order valence-corrected chi connectivity index (χ2v) is 17.8. The number of aromatic amines is 1. The highest BCUT2D eigenvalue weighted by Gasteiger charge is 2.35. The van der Waals surface area contributed by atoms with E-state index in [1.54, 1.807) is 0 Å². The van der Waals surface area contributed by atoms with E-state index in [1.165, 1.54) is 33.8 Å². The van der Waals surface area contributed by atoms with E-state index < -0.39 is 0 Å². The van der Waals surface area contributed by atoms with Crippen molar-refractivity contribution in [3.05, 3.63) is 52.8 Å². The minimum absolute atomic E-state index is 0.108.